The van der Waals surface area contributed by atoms with E-state index in [1.165, 1.54) is 24.3 Å². The Labute approximate surface area is 107 Å². The number of phenols is 3. The number of rotatable bonds is 3. The summed E-state index contributed by atoms with van der Waals surface area (Å²) in [5, 5.41) is 38.6. The van der Waals surface area contributed by atoms with E-state index in [-0.39, 0.29) is 28.7 Å². The van der Waals surface area contributed by atoms with E-state index in [1.807, 2.05) is 0 Å². The molecule has 0 saturated carbocycles. The van der Waals surface area contributed by atoms with E-state index in [0.717, 1.165) is 12.1 Å². The monoisotopic (exact) mass is 263 g/mol. The van der Waals surface area contributed by atoms with Crippen molar-refractivity contribution in [3.05, 3.63) is 46.5 Å². The molecule has 2 aromatic rings. The zero-order valence-electron chi connectivity index (χ0n) is 9.48. The number of nitro groups is 1. The van der Waals surface area contributed by atoms with Crippen molar-refractivity contribution in [2.75, 3.05) is 0 Å². The van der Waals surface area contributed by atoms with Gasteiger partial charge in [0, 0.05) is 18.2 Å². The highest BCUT2D eigenvalue weighted by molar-refractivity contribution is 5.53. The summed E-state index contributed by atoms with van der Waals surface area (Å²) in [6.45, 7) is 0. The first-order valence-corrected chi connectivity index (χ1v) is 5.14. The number of nitro benzene ring substituents is 1. The Morgan fingerprint density at radius 1 is 0.947 bits per heavy atom. The second-order valence-corrected chi connectivity index (χ2v) is 3.70. The second kappa shape index (κ2) is 4.73. The number of hydrogen-bond acceptors (Lipinski definition) is 6. The van der Waals surface area contributed by atoms with Crippen LogP contribution in [-0.4, -0.2) is 20.2 Å². The van der Waals surface area contributed by atoms with Crippen LogP contribution in [0.25, 0.3) is 0 Å². The summed E-state index contributed by atoms with van der Waals surface area (Å²) in [6.07, 6.45) is 0. The molecule has 0 heterocycles. The Bertz CT molecular complexity index is 620. The van der Waals surface area contributed by atoms with Gasteiger partial charge in [-0.05, 0) is 12.1 Å². The quantitative estimate of drug-likeness (QED) is 0.579. The molecule has 0 saturated heterocycles. The summed E-state index contributed by atoms with van der Waals surface area (Å²) < 4.78 is 5.21. The van der Waals surface area contributed by atoms with Crippen LogP contribution < -0.4 is 4.74 Å². The fourth-order valence-electron chi connectivity index (χ4n) is 1.49. The van der Waals surface area contributed by atoms with Crippen LogP contribution in [0.15, 0.2) is 36.4 Å². The number of phenolic OH excluding ortho intramolecular Hbond substituents is 3. The standard InChI is InChI=1S/C12H9NO6/c14-7-1-2-12(11(6-7)13(17)18)19-10-4-8(15)3-9(16)5-10/h1-6,14-16H. The van der Waals surface area contributed by atoms with Crippen molar-refractivity contribution in [3.63, 3.8) is 0 Å². The van der Waals surface area contributed by atoms with E-state index in [2.05, 4.69) is 0 Å². The van der Waals surface area contributed by atoms with Gasteiger partial charge < -0.3 is 20.1 Å². The molecule has 0 spiro atoms. The average Bonchev–Trinajstić information content (AvgIpc) is 2.30. The zero-order chi connectivity index (χ0) is 14.0. The van der Waals surface area contributed by atoms with Gasteiger partial charge in [0.05, 0.1) is 11.0 Å². The lowest BCUT2D eigenvalue weighted by molar-refractivity contribution is -0.385. The molecule has 3 N–H and O–H groups in total. The van der Waals surface area contributed by atoms with Gasteiger partial charge in [0.1, 0.15) is 23.0 Å². The van der Waals surface area contributed by atoms with Crippen molar-refractivity contribution in [1.29, 1.82) is 0 Å². The SMILES string of the molecule is O=[N+]([O-])c1cc(O)ccc1Oc1cc(O)cc(O)c1. The third kappa shape index (κ3) is 2.83. The zero-order valence-corrected chi connectivity index (χ0v) is 9.48. The van der Waals surface area contributed by atoms with Crippen LogP contribution in [0, 0.1) is 10.1 Å². The van der Waals surface area contributed by atoms with Crippen LogP contribution >= 0.6 is 0 Å². The van der Waals surface area contributed by atoms with Crippen molar-refractivity contribution in [1.82, 2.24) is 0 Å². The molecule has 0 aromatic heterocycles. The fourth-order valence-corrected chi connectivity index (χ4v) is 1.49. The number of aromatic hydroxyl groups is 3. The average molecular weight is 263 g/mol. The molecule has 19 heavy (non-hydrogen) atoms. The van der Waals surface area contributed by atoms with E-state index < -0.39 is 10.6 Å². The van der Waals surface area contributed by atoms with Gasteiger partial charge in [0.15, 0.2) is 0 Å². The molecule has 0 aliphatic carbocycles. The Hall–Kier alpha value is -2.96. The highest BCUT2D eigenvalue weighted by atomic mass is 16.6. The molecule has 0 fully saturated rings. The highest BCUT2D eigenvalue weighted by Gasteiger charge is 2.17. The van der Waals surface area contributed by atoms with Crippen molar-refractivity contribution >= 4 is 5.69 Å². The molecule has 0 aliphatic rings. The predicted molar refractivity (Wildman–Crippen MR) is 64.6 cm³/mol. The molecule has 0 atom stereocenters. The van der Waals surface area contributed by atoms with Crippen LogP contribution in [0.1, 0.15) is 0 Å². The van der Waals surface area contributed by atoms with E-state index in [9.17, 15) is 25.4 Å². The van der Waals surface area contributed by atoms with Crippen molar-refractivity contribution < 1.29 is 25.0 Å². The van der Waals surface area contributed by atoms with E-state index in [1.54, 1.807) is 0 Å². The summed E-state index contributed by atoms with van der Waals surface area (Å²) in [7, 11) is 0. The number of benzene rings is 2. The van der Waals surface area contributed by atoms with E-state index >= 15 is 0 Å². The van der Waals surface area contributed by atoms with Gasteiger partial charge in [-0.2, -0.15) is 0 Å². The van der Waals surface area contributed by atoms with Crippen LogP contribution in [0.2, 0.25) is 0 Å². The maximum absolute atomic E-state index is 10.8. The molecular formula is C12H9NO6. The minimum absolute atomic E-state index is 0.0336. The highest BCUT2D eigenvalue weighted by Crippen LogP contribution is 2.36. The molecule has 0 unspecified atom stereocenters. The van der Waals surface area contributed by atoms with Gasteiger partial charge in [0.25, 0.3) is 0 Å². The van der Waals surface area contributed by atoms with Gasteiger partial charge in [0.2, 0.25) is 5.75 Å². The lowest BCUT2D eigenvalue weighted by Gasteiger charge is -2.07. The fraction of sp³-hybridized carbons (Fsp3) is 0. The molecule has 0 bridgehead atoms. The molecular weight excluding hydrogens is 254 g/mol. The first-order valence-electron chi connectivity index (χ1n) is 5.14. The molecule has 7 nitrogen and oxygen atoms in total. The van der Waals surface area contributed by atoms with E-state index in [4.69, 9.17) is 4.74 Å². The molecule has 2 aromatic carbocycles. The molecule has 98 valence electrons. The molecule has 0 aliphatic heterocycles. The Kier molecular flexibility index (Phi) is 3.11. The third-order valence-electron chi connectivity index (χ3n) is 2.24. The van der Waals surface area contributed by atoms with Crippen molar-refractivity contribution in [3.8, 4) is 28.7 Å². The Balaban J connectivity index is 2.40. The molecule has 7 heteroatoms. The van der Waals surface area contributed by atoms with Crippen LogP contribution in [0.4, 0.5) is 5.69 Å². The largest absolute Gasteiger partial charge is 0.508 e. The number of hydrogen-bond donors (Lipinski definition) is 3. The minimum Gasteiger partial charge on any atom is -0.508 e. The maximum atomic E-state index is 10.8. The molecule has 0 amide bonds. The Morgan fingerprint density at radius 2 is 1.58 bits per heavy atom. The summed E-state index contributed by atoms with van der Waals surface area (Å²) >= 11 is 0. The summed E-state index contributed by atoms with van der Waals surface area (Å²) in [4.78, 5) is 10.1. The first kappa shape index (κ1) is 12.5. The summed E-state index contributed by atoms with van der Waals surface area (Å²) in [5.74, 6) is -0.829. The Morgan fingerprint density at radius 3 is 2.16 bits per heavy atom. The summed E-state index contributed by atoms with van der Waals surface area (Å²) in [5.41, 5.74) is -0.428. The summed E-state index contributed by atoms with van der Waals surface area (Å²) in [6, 6.07) is 6.86. The maximum Gasteiger partial charge on any atom is 0.315 e. The predicted octanol–water partition coefficient (Wildman–Crippen LogP) is 2.50. The van der Waals surface area contributed by atoms with E-state index in [0.29, 0.717) is 0 Å². The van der Waals surface area contributed by atoms with Crippen LogP contribution in [-0.2, 0) is 0 Å². The van der Waals surface area contributed by atoms with Gasteiger partial charge >= 0.3 is 5.69 Å². The molecule has 0 radical (unpaired) electrons. The third-order valence-corrected chi connectivity index (χ3v) is 2.24. The van der Waals surface area contributed by atoms with Crippen LogP contribution in [0.5, 0.6) is 28.7 Å². The number of ether oxygens (including phenoxy) is 1. The number of nitrogens with zero attached hydrogens (tertiary/aromatic N) is 1. The van der Waals surface area contributed by atoms with Crippen molar-refractivity contribution in [2.24, 2.45) is 0 Å². The van der Waals surface area contributed by atoms with Gasteiger partial charge in [-0.1, -0.05) is 0 Å². The van der Waals surface area contributed by atoms with Crippen molar-refractivity contribution in [2.45, 2.75) is 0 Å². The lowest BCUT2D eigenvalue weighted by Crippen LogP contribution is -1.93. The minimum atomic E-state index is -0.711. The molecule has 2 rings (SSSR count). The lowest BCUT2D eigenvalue weighted by atomic mass is 10.2. The van der Waals surface area contributed by atoms with Gasteiger partial charge in [-0.3, -0.25) is 10.1 Å². The van der Waals surface area contributed by atoms with Gasteiger partial charge in [-0.25, -0.2) is 0 Å². The topological polar surface area (TPSA) is 113 Å². The van der Waals surface area contributed by atoms with Gasteiger partial charge in [-0.15, -0.1) is 0 Å². The van der Waals surface area contributed by atoms with Crippen LogP contribution in [0.3, 0.4) is 0 Å². The smallest absolute Gasteiger partial charge is 0.315 e. The first-order chi connectivity index (χ1) is 8.95. The normalized spacial score (nSPS) is 10.1. The second-order valence-electron chi connectivity index (χ2n) is 3.70.